The minimum atomic E-state index is -0.553. The molecule has 1 heterocycles. The van der Waals surface area contributed by atoms with Gasteiger partial charge in [-0.3, -0.25) is 4.79 Å². The number of amides is 1. The second-order valence-corrected chi connectivity index (χ2v) is 4.37. The standard InChI is InChI=1S/C10H21N3O2/c1-10(7-15-6-8(10)11)9(14)13(3)5-4-12-2/h8,12H,4-7,11H2,1-3H3. The summed E-state index contributed by atoms with van der Waals surface area (Å²) in [7, 11) is 3.67. The molecule has 0 saturated carbocycles. The number of ether oxygens (including phenoxy) is 1. The van der Waals surface area contributed by atoms with E-state index in [1.165, 1.54) is 0 Å². The summed E-state index contributed by atoms with van der Waals surface area (Å²) in [4.78, 5) is 13.8. The molecule has 3 N–H and O–H groups in total. The number of likely N-dealkylation sites (N-methyl/N-ethyl adjacent to an activating group) is 2. The lowest BCUT2D eigenvalue weighted by Gasteiger charge is -2.30. The molecule has 1 aliphatic heterocycles. The largest absolute Gasteiger partial charge is 0.379 e. The van der Waals surface area contributed by atoms with Gasteiger partial charge in [-0.1, -0.05) is 0 Å². The monoisotopic (exact) mass is 215 g/mol. The zero-order valence-electron chi connectivity index (χ0n) is 9.75. The summed E-state index contributed by atoms with van der Waals surface area (Å²) in [5.74, 6) is 0.0720. The summed E-state index contributed by atoms with van der Waals surface area (Å²) in [6, 6.07) is -0.193. The van der Waals surface area contributed by atoms with Crippen molar-refractivity contribution in [1.29, 1.82) is 0 Å². The van der Waals surface area contributed by atoms with Gasteiger partial charge in [0.15, 0.2) is 0 Å². The quantitative estimate of drug-likeness (QED) is 0.633. The third-order valence-corrected chi connectivity index (χ3v) is 3.05. The Kier molecular flexibility index (Phi) is 4.07. The van der Waals surface area contributed by atoms with E-state index in [0.717, 1.165) is 6.54 Å². The van der Waals surface area contributed by atoms with Crippen LogP contribution in [0.25, 0.3) is 0 Å². The van der Waals surface area contributed by atoms with Crippen molar-refractivity contribution in [3.8, 4) is 0 Å². The van der Waals surface area contributed by atoms with Crippen LogP contribution in [0, 0.1) is 5.41 Å². The molecule has 1 rings (SSSR count). The van der Waals surface area contributed by atoms with Gasteiger partial charge in [-0.2, -0.15) is 0 Å². The Morgan fingerprint density at radius 1 is 1.73 bits per heavy atom. The lowest BCUT2D eigenvalue weighted by molar-refractivity contribution is -0.140. The molecule has 5 heteroatoms. The van der Waals surface area contributed by atoms with E-state index in [2.05, 4.69) is 5.32 Å². The van der Waals surface area contributed by atoms with Crippen molar-refractivity contribution in [2.24, 2.45) is 11.1 Å². The van der Waals surface area contributed by atoms with E-state index in [0.29, 0.717) is 19.8 Å². The van der Waals surface area contributed by atoms with Crippen LogP contribution in [-0.2, 0) is 9.53 Å². The number of carbonyl (C=O) groups excluding carboxylic acids is 1. The van der Waals surface area contributed by atoms with Gasteiger partial charge in [0.2, 0.25) is 5.91 Å². The Balaban J connectivity index is 2.58. The van der Waals surface area contributed by atoms with Crippen molar-refractivity contribution in [1.82, 2.24) is 10.2 Å². The average molecular weight is 215 g/mol. The SMILES string of the molecule is CNCCN(C)C(=O)C1(C)COCC1N. The first kappa shape index (κ1) is 12.4. The number of carbonyl (C=O) groups is 1. The van der Waals surface area contributed by atoms with Gasteiger partial charge in [-0.25, -0.2) is 0 Å². The molecule has 1 saturated heterocycles. The molecule has 0 aromatic carbocycles. The van der Waals surface area contributed by atoms with Gasteiger partial charge in [-0.15, -0.1) is 0 Å². The maximum atomic E-state index is 12.1. The summed E-state index contributed by atoms with van der Waals surface area (Å²) in [5.41, 5.74) is 5.34. The molecule has 2 unspecified atom stereocenters. The average Bonchev–Trinajstić information content (AvgIpc) is 2.56. The van der Waals surface area contributed by atoms with Gasteiger partial charge in [0, 0.05) is 26.2 Å². The fourth-order valence-electron chi connectivity index (χ4n) is 1.73. The van der Waals surface area contributed by atoms with Crippen LogP contribution in [0.2, 0.25) is 0 Å². The van der Waals surface area contributed by atoms with E-state index in [1.807, 2.05) is 14.0 Å². The zero-order valence-corrected chi connectivity index (χ0v) is 9.75. The van der Waals surface area contributed by atoms with E-state index < -0.39 is 5.41 Å². The second kappa shape index (κ2) is 4.92. The number of nitrogens with two attached hydrogens (primary N) is 1. The molecule has 0 bridgehead atoms. The third kappa shape index (κ3) is 2.48. The van der Waals surface area contributed by atoms with E-state index in [4.69, 9.17) is 10.5 Å². The highest BCUT2D eigenvalue weighted by Gasteiger charge is 2.45. The minimum Gasteiger partial charge on any atom is -0.379 e. The molecule has 1 amide bonds. The second-order valence-electron chi connectivity index (χ2n) is 4.37. The summed E-state index contributed by atoms with van der Waals surface area (Å²) in [6.07, 6.45) is 0. The van der Waals surface area contributed by atoms with Crippen molar-refractivity contribution in [3.05, 3.63) is 0 Å². The van der Waals surface area contributed by atoms with E-state index in [9.17, 15) is 4.79 Å². The highest BCUT2D eigenvalue weighted by molar-refractivity contribution is 5.83. The Morgan fingerprint density at radius 3 is 2.87 bits per heavy atom. The predicted molar refractivity (Wildman–Crippen MR) is 58.5 cm³/mol. The van der Waals surface area contributed by atoms with Crippen LogP contribution in [0.3, 0.4) is 0 Å². The number of nitrogens with one attached hydrogen (secondary N) is 1. The van der Waals surface area contributed by atoms with Crippen molar-refractivity contribution in [2.75, 3.05) is 40.4 Å². The summed E-state index contributed by atoms with van der Waals surface area (Å²) in [5, 5.41) is 3.01. The van der Waals surface area contributed by atoms with E-state index in [-0.39, 0.29) is 11.9 Å². The zero-order chi connectivity index (χ0) is 11.5. The molecule has 5 nitrogen and oxygen atoms in total. The summed E-state index contributed by atoms with van der Waals surface area (Å²) >= 11 is 0. The topological polar surface area (TPSA) is 67.6 Å². The molecule has 0 aromatic heterocycles. The van der Waals surface area contributed by atoms with Crippen molar-refractivity contribution >= 4 is 5.91 Å². The smallest absolute Gasteiger partial charge is 0.232 e. The van der Waals surface area contributed by atoms with Crippen molar-refractivity contribution in [3.63, 3.8) is 0 Å². The summed E-state index contributed by atoms with van der Waals surface area (Å²) < 4.78 is 5.26. The van der Waals surface area contributed by atoms with Crippen molar-refractivity contribution < 1.29 is 9.53 Å². The Labute approximate surface area is 90.9 Å². The molecule has 2 atom stereocenters. The summed E-state index contributed by atoms with van der Waals surface area (Å²) in [6.45, 7) is 4.26. The molecular weight excluding hydrogens is 194 g/mol. The third-order valence-electron chi connectivity index (χ3n) is 3.05. The van der Waals surface area contributed by atoms with E-state index >= 15 is 0 Å². The van der Waals surface area contributed by atoms with E-state index in [1.54, 1.807) is 11.9 Å². The molecule has 15 heavy (non-hydrogen) atoms. The lowest BCUT2D eigenvalue weighted by Crippen LogP contribution is -2.51. The maximum Gasteiger partial charge on any atom is 0.232 e. The number of hydrogen-bond donors (Lipinski definition) is 2. The molecular formula is C10H21N3O2. The predicted octanol–water partition coefficient (Wildman–Crippen LogP) is -0.972. The fraction of sp³-hybridized carbons (Fsp3) is 0.900. The van der Waals surface area contributed by atoms with Gasteiger partial charge in [0.25, 0.3) is 0 Å². The van der Waals surface area contributed by atoms with Crippen LogP contribution >= 0.6 is 0 Å². The number of nitrogens with zero attached hydrogens (tertiary/aromatic N) is 1. The normalized spacial score (nSPS) is 30.5. The molecule has 0 spiro atoms. The van der Waals surface area contributed by atoms with Gasteiger partial charge in [-0.05, 0) is 14.0 Å². The van der Waals surface area contributed by atoms with Crippen LogP contribution in [0.15, 0.2) is 0 Å². The number of hydrogen-bond acceptors (Lipinski definition) is 4. The highest BCUT2D eigenvalue weighted by Crippen LogP contribution is 2.28. The first-order valence-electron chi connectivity index (χ1n) is 5.26. The Bertz CT molecular complexity index is 235. The highest BCUT2D eigenvalue weighted by atomic mass is 16.5. The van der Waals surface area contributed by atoms with Crippen LogP contribution in [-0.4, -0.2) is 57.2 Å². The Hall–Kier alpha value is -0.650. The van der Waals surface area contributed by atoms with Crippen LogP contribution in [0.4, 0.5) is 0 Å². The molecule has 1 aliphatic rings. The van der Waals surface area contributed by atoms with Gasteiger partial charge in [0.05, 0.1) is 18.6 Å². The minimum absolute atomic E-state index is 0.0720. The first-order chi connectivity index (χ1) is 7.02. The lowest BCUT2D eigenvalue weighted by atomic mass is 9.84. The van der Waals surface area contributed by atoms with Crippen LogP contribution in [0.5, 0.6) is 0 Å². The molecule has 1 fully saturated rings. The van der Waals surface area contributed by atoms with Crippen LogP contribution in [0.1, 0.15) is 6.92 Å². The van der Waals surface area contributed by atoms with Gasteiger partial charge >= 0.3 is 0 Å². The molecule has 0 aromatic rings. The van der Waals surface area contributed by atoms with Crippen molar-refractivity contribution in [2.45, 2.75) is 13.0 Å². The Morgan fingerprint density at radius 2 is 2.40 bits per heavy atom. The number of rotatable bonds is 4. The molecule has 88 valence electrons. The van der Waals surface area contributed by atoms with Gasteiger partial charge < -0.3 is 20.7 Å². The van der Waals surface area contributed by atoms with Crippen LogP contribution < -0.4 is 11.1 Å². The molecule has 0 aliphatic carbocycles. The van der Waals surface area contributed by atoms with Gasteiger partial charge in [0.1, 0.15) is 0 Å². The molecule has 0 radical (unpaired) electrons. The fourth-order valence-corrected chi connectivity index (χ4v) is 1.73. The maximum absolute atomic E-state index is 12.1. The first-order valence-corrected chi connectivity index (χ1v) is 5.26.